The largest absolute Gasteiger partial charge is 0.377 e. The molecule has 6 heteroatoms. The number of amides is 1. The second-order valence-corrected chi connectivity index (χ2v) is 5.42. The van der Waals surface area contributed by atoms with E-state index in [1.54, 1.807) is 4.68 Å². The lowest BCUT2D eigenvalue weighted by molar-refractivity contribution is 0.0150. The van der Waals surface area contributed by atoms with Crippen molar-refractivity contribution in [1.29, 1.82) is 0 Å². The summed E-state index contributed by atoms with van der Waals surface area (Å²) in [4.78, 5) is 14.4. The number of aryl methyl sites for hydroxylation is 2. The van der Waals surface area contributed by atoms with Gasteiger partial charge in [0.1, 0.15) is 5.69 Å². The zero-order valence-electron chi connectivity index (χ0n) is 12.1. The minimum Gasteiger partial charge on any atom is -0.377 e. The molecule has 0 radical (unpaired) electrons. The van der Waals surface area contributed by atoms with E-state index >= 15 is 0 Å². The number of hydrogen-bond donors (Lipinski definition) is 0. The van der Waals surface area contributed by atoms with Crippen molar-refractivity contribution in [3.63, 3.8) is 0 Å². The number of alkyl halides is 1. The molecular weight excluding hydrogens is 278 g/mol. The molecule has 0 saturated carbocycles. The Labute approximate surface area is 124 Å². The SMILES string of the molecule is CCn1nc(C)cc1C(=O)N1CCC(OCCCl)CC1. The summed E-state index contributed by atoms with van der Waals surface area (Å²) in [5.74, 6) is 0.594. The first kappa shape index (κ1) is 15.3. The van der Waals surface area contributed by atoms with Crippen LogP contribution in [0, 0.1) is 6.92 Å². The fourth-order valence-corrected chi connectivity index (χ4v) is 2.65. The average Bonchev–Trinajstić information content (AvgIpc) is 2.86. The summed E-state index contributed by atoms with van der Waals surface area (Å²) in [6.45, 7) is 6.68. The highest BCUT2D eigenvalue weighted by molar-refractivity contribution is 6.17. The van der Waals surface area contributed by atoms with Crippen LogP contribution in [0.1, 0.15) is 35.9 Å². The summed E-state index contributed by atoms with van der Waals surface area (Å²) in [7, 11) is 0. The molecule has 2 heterocycles. The third-order valence-corrected chi connectivity index (χ3v) is 3.73. The molecule has 1 fully saturated rings. The molecule has 1 aliphatic heterocycles. The van der Waals surface area contributed by atoms with Crippen molar-refractivity contribution in [2.75, 3.05) is 25.6 Å². The lowest BCUT2D eigenvalue weighted by Crippen LogP contribution is -2.41. The monoisotopic (exact) mass is 299 g/mol. The minimum absolute atomic E-state index is 0.0724. The second kappa shape index (κ2) is 7.09. The van der Waals surface area contributed by atoms with Gasteiger partial charge in [0.25, 0.3) is 5.91 Å². The van der Waals surface area contributed by atoms with Gasteiger partial charge in [0, 0.05) is 25.5 Å². The number of carbonyl (C=O) groups is 1. The molecule has 20 heavy (non-hydrogen) atoms. The van der Waals surface area contributed by atoms with Crippen LogP contribution in [0.2, 0.25) is 0 Å². The van der Waals surface area contributed by atoms with Crippen LogP contribution in [-0.2, 0) is 11.3 Å². The first-order valence-corrected chi connectivity index (χ1v) is 7.70. The zero-order valence-corrected chi connectivity index (χ0v) is 12.9. The van der Waals surface area contributed by atoms with Crippen molar-refractivity contribution >= 4 is 17.5 Å². The second-order valence-electron chi connectivity index (χ2n) is 5.04. The van der Waals surface area contributed by atoms with Crippen LogP contribution in [0.15, 0.2) is 6.07 Å². The first-order chi connectivity index (χ1) is 9.65. The molecule has 1 aromatic heterocycles. The van der Waals surface area contributed by atoms with Crippen molar-refractivity contribution < 1.29 is 9.53 Å². The van der Waals surface area contributed by atoms with Gasteiger partial charge in [-0.1, -0.05) is 0 Å². The maximum absolute atomic E-state index is 12.5. The molecule has 1 saturated heterocycles. The Morgan fingerprint density at radius 1 is 1.50 bits per heavy atom. The number of hydrogen-bond acceptors (Lipinski definition) is 3. The summed E-state index contributed by atoms with van der Waals surface area (Å²) < 4.78 is 7.40. The molecule has 0 bridgehead atoms. The number of aromatic nitrogens is 2. The van der Waals surface area contributed by atoms with E-state index in [1.165, 1.54) is 0 Å². The van der Waals surface area contributed by atoms with Crippen molar-refractivity contribution in [2.45, 2.75) is 39.3 Å². The Morgan fingerprint density at radius 3 is 2.80 bits per heavy atom. The van der Waals surface area contributed by atoms with Crippen molar-refractivity contribution in [3.05, 3.63) is 17.5 Å². The highest BCUT2D eigenvalue weighted by atomic mass is 35.5. The third kappa shape index (κ3) is 3.52. The molecule has 0 aliphatic carbocycles. The van der Waals surface area contributed by atoms with Gasteiger partial charge >= 0.3 is 0 Å². The minimum atomic E-state index is 0.0724. The number of likely N-dealkylation sites (tertiary alicyclic amines) is 1. The van der Waals surface area contributed by atoms with Crippen LogP contribution in [0.5, 0.6) is 0 Å². The van der Waals surface area contributed by atoms with E-state index in [4.69, 9.17) is 16.3 Å². The van der Waals surface area contributed by atoms with E-state index in [-0.39, 0.29) is 12.0 Å². The quantitative estimate of drug-likeness (QED) is 0.782. The molecule has 0 unspecified atom stereocenters. The van der Waals surface area contributed by atoms with Gasteiger partial charge in [0.2, 0.25) is 0 Å². The number of nitrogens with zero attached hydrogens (tertiary/aromatic N) is 3. The maximum Gasteiger partial charge on any atom is 0.272 e. The Kier molecular flexibility index (Phi) is 5.43. The highest BCUT2D eigenvalue weighted by Gasteiger charge is 2.26. The summed E-state index contributed by atoms with van der Waals surface area (Å²) in [6.07, 6.45) is 1.99. The average molecular weight is 300 g/mol. The van der Waals surface area contributed by atoms with Crippen molar-refractivity contribution in [1.82, 2.24) is 14.7 Å². The van der Waals surface area contributed by atoms with Crippen LogP contribution >= 0.6 is 11.6 Å². The van der Waals surface area contributed by atoms with E-state index in [0.717, 1.165) is 31.6 Å². The van der Waals surface area contributed by atoms with Crippen molar-refractivity contribution in [3.8, 4) is 0 Å². The lowest BCUT2D eigenvalue weighted by atomic mass is 10.1. The number of piperidine rings is 1. The molecule has 0 N–H and O–H groups in total. The fourth-order valence-electron chi connectivity index (χ4n) is 2.56. The lowest BCUT2D eigenvalue weighted by Gasteiger charge is -2.31. The fraction of sp³-hybridized carbons (Fsp3) is 0.714. The summed E-state index contributed by atoms with van der Waals surface area (Å²) >= 11 is 5.62. The van der Waals surface area contributed by atoms with Gasteiger partial charge < -0.3 is 9.64 Å². The van der Waals surface area contributed by atoms with Gasteiger partial charge in [0.05, 0.1) is 18.4 Å². The zero-order chi connectivity index (χ0) is 14.5. The van der Waals surface area contributed by atoms with Gasteiger partial charge in [-0.15, -0.1) is 11.6 Å². The van der Waals surface area contributed by atoms with Crippen LogP contribution < -0.4 is 0 Å². The molecule has 2 rings (SSSR count). The Morgan fingerprint density at radius 2 is 2.20 bits per heavy atom. The molecule has 1 aliphatic rings. The molecule has 5 nitrogen and oxygen atoms in total. The summed E-state index contributed by atoms with van der Waals surface area (Å²) in [6, 6.07) is 1.86. The Balaban J connectivity index is 1.94. The van der Waals surface area contributed by atoms with E-state index < -0.39 is 0 Å². The summed E-state index contributed by atoms with van der Waals surface area (Å²) in [5, 5.41) is 4.33. The Hall–Kier alpha value is -1.07. The standard InChI is InChI=1S/C14H22ClN3O2/c1-3-18-13(10-11(2)16-18)14(19)17-7-4-12(5-8-17)20-9-6-15/h10,12H,3-9H2,1-2H3. The topological polar surface area (TPSA) is 47.4 Å². The summed E-state index contributed by atoms with van der Waals surface area (Å²) in [5.41, 5.74) is 1.57. The number of ether oxygens (including phenoxy) is 1. The van der Waals surface area contributed by atoms with E-state index in [0.29, 0.717) is 24.7 Å². The van der Waals surface area contributed by atoms with Gasteiger partial charge in [-0.3, -0.25) is 9.48 Å². The molecular formula is C14H22ClN3O2. The third-order valence-electron chi connectivity index (χ3n) is 3.58. The maximum atomic E-state index is 12.5. The molecule has 1 amide bonds. The molecule has 112 valence electrons. The van der Waals surface area contributed by atoms with Gasteiger partial charge in [0.15, 0.2) is 0 Å². The number of rotatable bonds is 5. The van der Waals surface area contributed by atoms with E-state index in [1.807, 2.05) is 24.8 Å². The van der Waals surface area contributed by atoms with Crippen LogP contribution in [-0.4, -0.2) is 52.3 Å². The predicted octanol–water partition coefficient (Wildman–Crippen LogP) is 2.07. The van der Waals surface area contributed by atoms with Crippen LogP contribution in [0.25, 0.3) is 0 Å². The molecule has 0 aromatic carbocycles. The van der Waals surface area contributed by atoms with Crippen LogP contribution in [0.3, 0.4) is 0 Å². The molecule has 0 atom stereocenters. The molecule has 0 spiro atoms. The predicted molar refractivity (Wildman–Crippen MR) is 78.2 cm³/mol. The first-order valence-electron chi connectivity index (χ1n) is 7.17. The van der Waals surface area contributed by atoms with Gasteiger partial charge in [-0.05, 0) is 32.8 Å². The molecule has 1 aromatic rings. The Bertz CT molecular complexity index is 453. The van der Waals surface area contributed by atoms with Crippen molar-refractivity contribution in [2.24, 2.45) is 0 Å². The number of carbonyl (C=O) groups excluding carboxylic acids is 1. The smallest absolute Gasteiger partial charge is 0.272 e. The van der Waals surface area contributed by atoms with Gasteiger partial charge in [-0.25, -0.2) is 0 Å². The van der Waals surface area contributed by atoms with E-state index in [2.05, 4.69) is 5.10 Å². The highest BCUT2D eigenvalue weighted by Crippen LogP contribution is 2.17. The normalized spacial score (nSPS) is 16.6. The van der Waals surface area contributed by atoms with E-state index in [9.17, 15) is 4.79 Å². The number of halogens is 1. The van der Waals surface area contributed by atoms with Crippen LogP contribution in [0.4, 0.5) is 0 Å². The van der Waals surface area contributed by atoms with Gasteiger partial charge in [-0.2, -0.15) is 5.10 Å².